The van der Waals surface area contributed by atoms with Crippen molar-refractivity contribution < 1.29 is 4.42 Å². The Bertz CT molecular complexity index is 3580. The van der Waals surface area contributed by atoms with E-state index in [0.29, 0.717) is 5.95 Å². The van der Waals surface area contributed by atoms with Crippen LogP contribution in [0.15, 0.2) is 205 Å². The molecule has 3 aromatic heterocycles. The van der Waals surface area contributed by atoms with Crippen molar-refractivity contribution in [3.05, 3.63) is 200 Å². The summed E-state index contributed by atoms with van der Waals surface area (Å²) in [7, 11) is 0. The Morgan fingerprint density at radius 1 is 0.383 bits per heavy atom. The molecule has 0 N–H and O–H groups in total. The van der Waals surface area contributed by atoms with Gasteiger partial charge in [0.15, 0.2) is 0 Å². The molecule has 4 nitrogen and oxygen atoms in total. The minimum atomic E-state index is 0.645. The lowest BCUT2D eigenvalue weighted by Crippen LogP contribution is -2.04. The second-order valence-corrected chi connectivity index (χ2v) is 14.9. The lowest BCUT2D eigenvalue weighted by Gasteiger charge is -2.15. The zero-order chi connectivity index (χ0) is 40.2. The van der Waals surface area contributed by atoms with Gasteiger partial charge in [-0.2, -0.15) is 0 Å². The Labute approximate surface area is 347 Å². The molecule has 0 radical (unpaired) electrons. The number of aromatic nitrogens is 3. The molecule has 60 heavy (non-hydrogen) atoms. The van der Waals surface area contributed by atoms with Crippen molar-refractivity contribution in [2.75, 3.05) is 0 Å². The molecule has 0 saturated carbocycles. The van der Waals surface area contributed by atoms with Crippen LogP contribution in [0.4, 0.5) is 0 Å². The van der Waals surface area contributed by atoms with E-state index in [-0.39, 0.29) is 0 Å². The average Bonchev–Trinajstić information content (AvgIpc) is 3.89. The topological polar surface area (TPSA) is 43.9 Å². The van der Waals surface area contributed by atoms with Crippen molar-refractivity contribution in [2.24, 2.45) is 0 Å². The minimum absolute atomic E-state index is 0.645. The molecular formula is C56H39N3O. The first kappa shape index (κ1) is 35.4. The number of furan rings is 1. The van der Waals surface area contributed by atoms with Gasteiger partial charge in [0.2, 0.25) is 5.95 Å². The molecule has 0 aliphatic carbocycles. The highest BCUT2D eigenvalue weighted by atomic mass is 16.3. The molecule has 4 heteroatoms. The highest BCUT2D eigenvalue weighted by Crippen LogP contribution is 2.43. The zero-order valence-corrected chi connectivity index (χ0v) is 33.3. The Morgan fingerprint density at radius 3 is 1.77 bits per heavy atom. The molecular weight excluding hydrogens is 731 g/mol. The Morgan fingerprint density at radius 2 is 0.950 bits per heavy atom. The third-order valence-electron chi connectivity index (χ3n) is 11.6. The average molecular weight is 770 g/mol. The molecule has 3 heterocycles. The Hall–Kier alpha value is -7.82. The predicted molar refractivity (Wildman–Crippen MR) is 252 cm³/mol. The number of para-hydroxylation sites is 3. The molecule has 0 unspecified atom stereocenters. The molecule has 12 rings (SSSR count). The standard InChI is InChI=1S/C54H33N3O.C2H6/c1-2-15-35(16-3-1)51-45-22-6-8-27-47(45)55-54(56-51)57-52-41-21-5-4-14-34(41)30-31-44(52)43-26-12-25-42(53(43)57)39-20-11-18-37(33-39)36-17-10-19-38(32-36)40-24-13-29-49-50(40)46-23-7-9-28-48(46)58-49;1-2/h1-33H;1-2H3. The fraction of sp³-hybridized carbons (Fsp3) is 0.0357. The van der Waals surface area contributed by atoms with Gasteiger partial charge < -0.3 is 4.42 Å². The van der Waals surface area contributed by atoms with E-state index >= 15 is 0 Å². The third kappa shape index (κ3) is 5.68. The van der Waals surface area contributed by atoms with Crippen LogP contribution in [-0.2, 0) is 0 Å². The quantitative estimate of drug-likeness (QED) is 0.175. The first-order valence-corrected chi connectivity index (χ1v) is 20.7. The van der Waals surface area contributed by atoms with E-state index in [4.69, 9.17) is 14.4 Å². The number of rotatable bonds is 5. The van der Waals surface area contributed by atoms with Crippen LogP contribution in [0.1, 0.15) is 13.8 Å². The van der Waals surface area contributed by atoms with Crippen molar-refractivity contribution in [1.82, 2.24) is 14.5 Å². The van der Waals surface area contributed by atoms with Gasteiger partial charge in [-0.3, -0.25) is 4.57 Å². The number of benzene rings is 9. The summed E-state index contributed by atoms with van der Waals surface area (Å²) in [5.41, 5.74) is 13.7. The second-order valence-electron chi connectivity index (χ2n) is 14.9. The molecule has 284 valence electrons. The summed E-state index contributed by atoms with van der Waals surface area (Å²) < 4.78 is 8.57. The molecule has 0 aliphatic rings. The summed E-state index contributed by atoms with van der Waals surface area (Å²) in [6, 6.07) is 70.9. The van der Waals surface area contributed by atoms with Gasteiger partial charge in [0, 0.05) is 43.4 Å². The van der Waals surface area contributed by atoms with Gasteiger partial charge >= 0.3 is 0 Å². The van der Waals surface area contributed by atoms with E-state index in [1.807, 2.05) is 32.0 Å². The van der Waals surface area contributed by atoms with Crippen LogP contribution in [0.5, 0.6) is 0 Å². The van der Waals surface area contributed by atoms with E-state index in [9.17, 15) is 0 Å². The molecule has 9 aromatic carbocycles. The van der Waals surface area contributed by atoms with Gasteiger partial charge in [0.05, 0.1) is 22.2 Å². The van der Waals surface area contributed by atoms with Crippen molar-refractivity contribution in [1.29, 1.82) is 0 Å². The van der Waals surface area contributed by atoms with Gasteiger partial charge in [-0.25, -0.2) is 9.97 Å². The van der Waals surface area contributed by atoms with E-state index in [1.165, 1.54) is 10.8 Å². The fourth-order valence-corrected chi connectivity index (χ4v) is 8.99. The van der Waals surface area contributed by atoms with Gasteiger partial charge in [-0.15, -0.1) is 0 Å². The predicted octanol–water partition coefficient (Wildman–Crippen LogP) is 15.5. The van der Waals surface area contributed by atoms with Crippen molar-refractivity contribution in [3.8, 4) is 50.6 Å². The molecule has 0 amide bonds. The van der Waals surface area contributed by atoms with E-state index < -0.39 is 0 Å². The monoisotopic (exact) mass is 769 g/mol. The maximum absolute atomic E-state index is 6.26. The summed E-state index contributed by atoms with van der Waals surface area (Å²) in [6.07, 6.45) is 0. The molecule has 0 atom stereocenters. The lowest BCUT2D eigenvalue weighted by molar-refractivity contribution is 0.669. The van der Waals surface area contributed by atoms with Crippen molar-refractivity contribution >= 4 is 65.4 Å². The summed E-state index contributed by atoms with van der Waals surface area (Å²) in [5, 5.41) is 7.94. The van der Waals surface area contributed by atoms with Crippen LogP contribution in [-0.4, -0.2) is 14.5 Å². The van der Waals surface area contributed by atoms with Crippen LogP contribution in [0.25, 0.3) is 116 Å². The molecule has 0 bridgehead atoms. The van der Waals surface area contributed by atoms with E-state index in [0.717, 1.165) is 99.3 Å². The molecule has 0 spiro atoms. The second kappa shape index (κ2) is 14.5. The summed E-state index contributed by atoms with van der Waals surface area (Å²) in [5.74, 6) is 0.645. The zero-order valence-electron chi connectivity index (χ0n) is 33.3. The maximum atomic E-state index is 6.26. The fourth-order valence-electron chi connectivity index (χ4n) is 8.99. The number of fused-ring (bicyclic) bond motifs is 9. The number of hydrogen-bond donors (Lipinski definition) is 0. The summed E-state index contributed by atoms with van der Waals surface area (Å²) in [4.78, 5) is 10.8. The van der Waals surface area contributed by atoms with Gasteiger partial charge in [-0.1, -0.05) is 184 Å². The van der Waals surface area contributed by atoms with Crippen LogP contribution in [0.3, 0.4) is 0 Å². The lowest BCUT2D eigenvalue weighted by atomic mass is 9.94. The highest BCUT2D eigenvalue weighted by molar-refractivity contribution is 6.21. The maximum Gasteiger partial charge on any atom is 0.235 e. The van der Waals surface area contributed by atoms with Crippen molar-refractivity contribution in [3.63, 3.8) is 0 Å². The van der Waals surface area contributed by atoms with E-state index in [1.54, 1.807) is 0 Å². The first-order valence-electron chi connectivity index (χ1n) is 20.7. The van der Waals surface area contributed by atoms with Crippen LogP contribution in [0, 0.1) is 0 Å². The Balaban J connectivity index is 0.00000201. The summed E-state index contributed by atoms with van der Waals surface area (Å²) >= 11 is 0. The van der Waals surface area contributed by atoms with Crippen LogP contribution >= 0.6 is 0 Å². The Kier molecular flexibility index (Phi) is 8.56. The molecule has 12 aromatic rings. The van der Waals surface area contributed by atoms with E-state index in [2.05, 4.69) is 187 Å². The van der Waals surface area contributed by atoms with Gasteiger partial charge in [-0.05, 0) is 63.5 Å². The van der Waals surface area contributed by atoms with Gasteiger partial charge in [0.1, 0.15) is 11.2 Å². The van der Waals surface area contributed by atoms with Gasteiger partial charge in [0.25, 0.3) is 0 Å². The number of hydrogen-bond acceptors (Lipinski definition) is 3. The van der Waals surface area contributed by atoms with Crippen molar-refractivity contribution in [2.45, 2.75) is 13.8 Å². The number of nitrogens with zero attached hydrogens (tertiary/aromatic N) is 3. The molecule has 0 fully saturated rings. The minimum Gasteiger partial charge on any atom is -0.456 e. The first-order chi connectivity index (χ1) is 29.8. The molecule has 0 saturated heterocycles. The summed E-state index contributed by atoms with van der Waals surface area (Å²) in [6.45, 7) is 4.00. The van der Waals surface area contributed by atoms with Crippen LogP contribution < -0.4 is 0 Å². The van der Waals surface area contributed by atoms with Crippen LogP contribution in [0.2, 0.25) is 0 Å². The largest absolute Gasteiger partial charge is 0.456 e. The molecule has 0 aliphatic heterocycles. The third-order valence-corrected chi connectivity index (χ3v) is 11.6. The normalized spacial score (nSPS) is 11.5. The SMILES string of the molecule is CC.c1ccc(-c2nc(-n3c4c(-c5cccc(-c6cccc(-c7cccc8oc9ccccc9c78)c6)c5)cccc4c4ccc5ccccc5c43)nc3ccccc23)cc1. The smallest absolute Gasteiger partial charge is 0.235 e. The highest BCUT2D eigenvalue weighted by Gasteiger charge is 2.22.